The van der Waals surface area contributed by atoms with Crippen LogP contribution < -0.4 is 15.8 Å². The van der Waals surface area contributed by atoms with Crippen LogP contribution in [0.1, 0.15) is 46.0 Å². The Bertz CT molecular complexity index is 978. The molecule has 4 N–H and O–H groups in total. The molecular formula is C21H28FN3O4S. The van der Waals surface area contributed by atoms with E-state index in [1.165, 1.54) is 26.0 Å². The molecule has 0 aliphatic heterocycles. The van der Waals surface area contributed by atoms with Crippen molar-refractivity contribution in [1.29, 1.82) is 0 Å². The molecule has 0 spiro atoms. The monoisotopic (exact) mass is 437 g/mol. The SMILES string of the molecule is CC(C)(NS(=O)(=O)c1ccccc1F)C(=O)NC1[C@@H]2CC3C[C@H]1CC(C(N)=O)(C3)C2. The highest BCUT2D eigenvalue weighted by Crippen LogP contribution is 2.59. The summed E-state index contributed by atoms with van der Waals surface area (Å²) in [7, 11) is -4.22. The number of sulfonamides is 1. The van der Waals surface area contributed by atoms with Crippen molar-refractivity contribution in [3.8, 4) is 0 Å². The molecule has 164 valence electrons. The summed E-state index contributed by atoms with van der Waals surface area (Å²) in [5.41, 5.74) is 3.78. The summed E-state index contributed by atoms with van der Waals surface area (Å²) in [6.07, 6.45) is 4.06. The van der Waals surface area contributed by atoms with E-state index in [-0.39, 0.29) is 23.8 Å². The van der Waals surface area contributed by atoms with E-state index in [0.717, 1.165) is 31.4 Å². The lowest BCUT2D eigenvalue weighted by atomic mass is 9.47. The van der Waals surface area contributed by atoms with Gasteiger partial charge in [0.2, 0.25) is 21.8 Å². The maximum absolute atomic E-state index is 14.0. The van der Waals surface area contributed by atoms with Gasteiger partial charge in [0.1, 0.15) is 16.3 Å². The van der Waals surface area contributed by atoms with Crippen LogP contribution in [0.15, 0.2) is 29.2 Å². The van der Waals surface area contributed by atoms with E-state index < -0.39 is 37.6 Å². The van der Waals surface area contributed by atoms with E-state index in [1.54, 1.807) is 0 Å². The van der Waals surface area contributed by atoms with Gasteiger partial charge in [0, 0.05) is 11.5 Å². The molecule has 1 aromatic carbocycles. The lowest BCUT2D eigenvalue weighted by Gasteiger charge is -2.59. The molecule has 4 aliphatic rings. The van der Waals surface area contributed by atoms with Crippen LogP contribution >= 0.6 is 0 Å². The molecular weight excluding hydrogens is 409 g/mol. The zero-order valence-electron chi connectivity index (χ0n) is 17.2. The Kier molecular flexibility index (Phi) is 4.97. The third-order valence-corrected chi connectivity index (χ3v) is 8.87. The first-order chi connectivity index (χ1) is 13.9. The van der Waals surface area contributed by atoms with Gasteiger partial charge in [-0.05, 0) is 75.8 Å². The maximum Gasteiger partial charge on any atom is 0.244 e. The van der Waals surface area contributed by atoms with Crippen molar-refractivity contribution in [3.05, 3.63) is 30.1 Å². The minimum absolute atomic E-state index is 0.112. The first-order valence-electron chi connectivity index (χ1n) is 10.3. The number of benzene rings is 1. The summed E-state index contributed by atoms with van der Waals surface area (Å²) < 4.78 is 41.6. The number of carbonyl (C=O) groups is 2. The van der Waals surface area contributed by atoms with Gasteiger partial charge in [-0.1, -0.05) is 12.1 Å². The summed E-state index contributed by atoms with van der Waals surface area (Å²) in [6.45, 7) is 2.92. The number of halogens is 1. The lowest BCUT2D eigenvalue weighted by Crippen LogP contribution is -2.65. The minimum atomic E-state index is -4.22. The first kappa shape index (κ1) is 21.2. The van der Waals surface area contributed by atoms with Crippen LogP contribution in [0.3, 0.4) is 0 Å². The van der Waals surface area contributed by atoms with Crippen LogP contribution in [0.2, 0.25) is 0 Å². The Hall–Kier alpha value is -2.00. The molecule has 30 heavy (non-hydrogen) atoms. The standard InChI is InChI=1S/C21H28FN3O4S/c1-20(2,25-30(28,29)16-6-4-3-5-15(16)22)19(27)24-17-13-7-12-8-14(17)11-21(9-12,10-13)18(23)26/h3-6,12-14,17,25H,7-11H2,1-2H3,(H2,23,26)(H,24,27)/t12?,13-,14+,17?,21?. The van der Waals surface area contributed by atoms with Gasteiger partial charge in [-0.25, -0.2) is 12.8 Å². The fourth-order valence-corrected chi connectivity index (χ4v) is 7.45. The second kappa shape index (κ2) is 7.02. The van der Waals surface area contributed by atoms with Crippen molar-refractivity contribution in [1.82, 2.24) is 10.0 Å². The number of rotatable bonds is 6. The maximum atomic E-state index is 14.0. The smallest absolute Gasteiger partial charge is 0.244 e. The molecule has 4 aliphatic carbocycles. The van der Waals surface area contributed by atoms with Gasteiger partial charge >= 0.3 is 0 Å². The molecule has 0 heterocycles. The van der Waals surface area contributed by atoms with Crippen LogP contribution in [0.4, 0.5) is 4.39 Å². The summed E-state index contributed by atoms with van der Waals surface area (Å²) in [5.74, 6) is -0.814. The highest BCUT2D eigenvalue weighted by molar-refractivity contribution is 7.89. The van der Waals surface area contributed by atoms with E-state index in [0.29, 0.717) is 18.8 Å². The van der Waals surface area contributed by atoms with Crippen molar-refractivity contribution in [2.45, 2.75) is 62.4 Å². The van der Waals surface area contributed by atoms with Crippen LogP contribution in [-0.4, -0.2) is 31.8 Å². The number of primary amides is 1. The lowest BCUT2D eigenvalue weighted by molar-refractivity contribution is -0.148. The third kappa shape index (κ3) is 3.51. The van der Waals surface area contributed by atoms with E-state index in [9.17, 15) is 22.4 Å². The van der Waals surface area contributed by atoms with Crippen LogP contribution in [-0.2, 0) is 19.6 Å². The highest BCUT2D eigenvalue weighted by atomic mass is 32.2. The second-order valence-corrected chi connectivity index (χ2v) is 11.4. The predicted molar refractivity (Wildman–Crippen MR) is 108 cm³/mol. The molecule has 2 amide bonds. The summed E-state index contributed by atoms with van der Waals surface area (Å²) in [5, 5.41) is 3.04. The van der Waals surface area contributed by atoms with Gasteiger partial charge in [0.15, 0.2) is 0 Å². The van der Waals surface area contributed by atoms with Gasteiger partial charge in [-0.2, -0.15) is 4.72 Å². The number of nitrogens with two attached hydrogens (primary N) is 1. The predicted octanol–water partition coefficient (Wildman–Crippen LogP) is 1.68. The summed E-state index contributed by atoms with van der Waals surface area (Å²) >= 11 is 0. The normalized spacial score (nSPS) is 32.8. The van der Waals surface area contributed by atoms with Gasteiger partial charge in [0.25, 0.3) is 0 Å². The molecule has 3 unspecified atom stereocenters. The van der Waals surface area contributed by atoms with Crippen molar-refractivity contribution >= 4 is 21.8 Å². The molecule has 0 radical (unpaired) electrons. The van der Waals surface area contributed by atoms with Crippen LogP contribution in [0, 0.1) is 29.0 Å². The van der Waals surface area contributed by atoms with Gasteiger partial charge in [0.05, 0.1) is 0 Å². The number of amides is 2. The van der Waals surface area contributed by atoms with E-state index in [2.05, 4.69) is 10.0 Å². The first-order valence-corrected chi connectivity index (χ1v) is 11.8. The molecule has 4 bridgehead atoms. The van der Waals surface area contributed by atoms with E-state index in [1.807, 2.05) is 0 Å². The Morgan fingerprint density at radius 2 is 1.73 bits per heavy atom. The van der Waals surface area contributed by atoms with Crippen LogP contribution in [0.5, 0.6) is 0 Å². The molecule has 0 saturated heterocycles. The summed E-state index contributed by atoms with van der Waals surface area (Å²) in [6, 6.07) is 4.93. The quantitative estimate of drug-likeness (QED) is 0.627. The van der Waals surface area contributed by atoms with Gasteiger partial charge in [-0.3, -0.25) is 9.59 Å². The molecule has 5 atom stereocenters. The van der Waals surface area contributed by atoms with Crippen molar-refractivity contribution in [2.75, 3.05) is 0 Å². The topological polar surface area (TPSA) is 118 Å². The molecule has 7 nitrogen and oxygen atoms in total. The molecule has 4 fully saturated rings. The molecule has 5 rings (SSSR count). The van der Waals surface area contributed by atoms with Gasteiger partial charge in [-0.15, -0.1) is 0 Å². The summed E-state index contributed by atoms with van der Waals surface area (Å²) in [4.78, 5) is 24.6. The van der Waals surface area contributed by atoms with Crippen molar-refractivity contribution in [3.63, 3.8) is 0 Å². The Morgan fingerprint density at radius 3 is 2.30 bits per heavy atom. The number of hydrogen-bond donors (Lipinski definition) is 3. The Morgan fingerprint density at radius 1 is 1.13 bits per heavy atom. The average Bonchev–Trinajstić information content (AvgIpc) is 2.63. The number of nitrogens with one attached hydrogen (secondary N) is 2. The van der Waals surface area contributed by atoms with Crippen LogP contribution in [0.25, 0.3) is 0 Å². The second-order valence-electron chi connectivity index (χ2n) is 9.77. The highest BCUT2D eigenvalue weighted by Gasteiger charge is 2.58. The zero-order chi connectivity index (χ0) is 21.9. The number of hydrogen-bond acceptors (Lipinski definition) is 4. The Labute approximate surface area is 176 Å². The van der Waals surface area contributed by atoms with Crippen molar-refractivity contribution < 1.29 is 22.4 Å². The average molecular weight is 438 g/mol. The minimum Gasteiger partial charge on any atom is -0.369 e. The fourth-order valence-electron chi connectivity index (χ4n) is 5.99. The number of carbonyl (C=O) groups excluding carboxylic acids is 2. The van der Waals surface area contributed by atoms with Crippen molar-refractivity contribution in [2.24, 2.45) is 28.9 Å². The van der Waals surface area contributed by atoms with E-state index in [4.69, 9.17) is 5.73 Å². The zero-order valence-corrected chi connectivity index (χ0v) is 18.0. The largest absolute Gasteiger partial charge is 0.369 e. The fraction of sp³-hybridized carbons (Fsp3) is 0.619. The van der Waals surface area contributed by atoms with E-state index >= 15 is 0 Å². The molecule has 4 saturated carbocycles. The molecule has 9 heteroatoms. The Balaban J connectivity index is 1.49. The molecule has 0 aromatic heterocycles. The third-order valence-electron chi connectivity index (χ3n) is 7.18. The van der Waals surface area contributed by atoms with Gasteiger partial charge < -0.3 is 11.1 Å². The molecule has 1 aromatic rings.